The largest absolute Gasteiger partial charge is 0.453 e. The Labute approximate surface area is 87.0 Å². The van der Waals surface area contributed by atoms with Gasteiger partial charge in [-0.05, 0) is 19.3 Å². The van der Waals surface area contributed by atoms with Gasteiger partial charge in [-0.25, -0.2) is 4.79 Å². The van der Waals surface area contributed by atoms with Crippen LogP contribution in [0.2, 0.25) is 0 Å². The molecule has 1 N–H and O–H groups in total. The molecule has 0 heterocycles. The molecule has 0 spiro atoms. The third kappa shape index (κ3) is 2.08. The van der Waals surface area contributed by atoms with Crippen molar-refractivity contribution in [2.45, 2.75) is 44.6 Å². The molecule has 0 radical (unpaired) electrons. The van der Waals surface area contributed by atoms with E-state index in [1.54, 1.807) is 0 Å². The van der Waals surface area contributed by atoms with Gasteiger partial charge in [-0.2, -0.15) is 0 Å². The number of carbonyl (C=O) groups excluding carboxylic acids is 1. The second-order valence-electron chi connectivity index (χ2n) is 3.86. The lowest BCUT2D eigenvalue weighted by molar-refractivity contribution is 0.159. The zero-order valence-corrected chi connectivity index (χ0v) is 9.06. The number of hydrogen-bond donors (Lipinski definition) is 1. The predicted molar refractivity (Wildman–Crippen MR) is 58.3 cm³/mol. The lowest BCUT2D eigenvalue weighted by Gasteiger charge is -2.31. The maximum atomic E-state index is 11.2. The van der Waals surface area contributed by atoms with E-state index in [1.807, 2.05) is 0 Å². The van der Waals surface area contributed by atoms with Crippen LogP contribution in [0.1, 0.15) is 40.5 Å². The fourth-order valence-electron chi connectivity index (χ4n) is 2.13. The van der Waals surface area contributed by atoms with Crippen molar-refractivity contribution in [2.24, 2.45) is 0 Å². The second kappa shape index (κ2) is 4.49. The van der Waals surface area contributed by atoms with Crippen LogP contribution in [0.4, 0.5) is 4.79 Å². The van der Waals surface area contributed by atoms with Crippen molar-refractivity contribution in [1.29, 1.82) is 0 Å². The topological polar surface area (TPSA) is 38.3 Å². The van der Waals surface area contributed by atoms with E-state index in [9.17, 15) is 4.79 Å². The van der Waals surface area contributed by atoms with Gasteiger partial charge in [0.05, 0.1) is 12.6 Å². The molecular weight excluding hydrogens is 178 g/mol. The lowest BCUT2D eigenvalue weighted by atomic mass is 9.87. The first-order valence-corrected chi connectivity index (χ1v) is 5.19. The lowest BCUT2D eigenvalue weighted by Crippen LogP contribution is -2.47. The molecule has 1 saturated carbocycles. The van der Waals surface area contributed by atoms with Gasteiger partial charge in [0.15, 0.2) is 0 Å². The van der Waals surface area contributed by atoms with Crippen LogP contribution in [0, 0.1) is 0 Å². The van der Waals surface area contributed by atoms with Crippen LogP contribution >= 0.6 is 0 Å². The van der Waals surface area contributed by atoms with E-state index in [-0.39, 0.29) is 13.1 Å². The molecule has 0 unspecified atom stereocenters. The summed E-state index contributed by atoms with van der Waals surface area (Å²) in [4.78, 5) is 11.2. The summed E-state index contributed by atoms with van der Waals surface area (Å²) in [6.45, 7) is 6.12. The van der Waals surface area contributed by atoms with Crippen molar-refractivity contribution in [1.82, 2.24) is 5.32 Å². The standard InChI is InChI=1S/C11H19NO2.H2/c1-4-9(2)11(7-5-6-8-11)12-10(13)14-3;/h2,4-8H2,1,3H3,(H,12,13);1H. The summed E-state index contributed by atoms with van der Waals surface area (Å²) in [5.41, 5.74) is 0.919. The summed E-state index contributed by atoms with van der Waals surface area (Å²) in [6.07, 6.45) is 4.86. The van der Waals surface area contributed by atoms with Crippen LogP contribution < -0.4 is 5.32 Å². The molecule has 3 heteroatoms. The molecule has 0 aliphatic heterocycles. The van der Waals surface area contributed by atoms with Gasteiger partial charge in [-0.3, -0.25) is 0 Å². The summed E-state index contributed by atoms with van der Waals surface area (Å²) >= 11 is 0. The molecule has 0 aromatic rings. The molecule has 3 nitrogen and oxygen atoms in total. The van der Waals surface area contributed by atoms with Crippen LogP contribution in [0.3, 0.4) is 0 Å². The van der Waals surface area contributed by atoms with Crippen LogP contribution in [-0.4, -0.2) is 18.7 Å². The van der Waals surface area contributed by atoms with Gasteiger partial charge in [0.25, 0.3) is 0 Å². The van der Waals surface area contributed by atoms with Crippen LogP contribution in [0.5, 0.6) is 0 Å². The highest BCUT2D eigenvalue weighted by Gasteiger charge is 2.37. The number of amides is 1. The first-order valence-electron chi connectivity index (χ1n) is 5.19. The minimum absolute atomic E-state index is 0. The summed E-state index contributed by atoms with van der Waals surface area (Å²) in [5, 5.41) is 2.93. The molecule has 14 heavy (non-hydrogen) atoms. The Bertz CT molecular complexity index is 235. The van der Waals surface area contributed by atoms with Crippen LogP contribution in [0.25, 0.3) is 0 Å². The minimum atomic E-state index is -0.346. The maximum Gasteiger partial charge on any atom is 0.407 e. The van der Waals surface area contributed by atoms with Crippen molar-refractivity contribution in [3.8, 4) is 0 Å². The fraction of sp³-hybridized carbons (Fsp3) is 0.727. The molecule has 1 aliphatic rings. The Morgan fingerprint density at radius 3 is 2.57 bits per heavy atom. The normalized spacial score (nSPS) is 19.0. The smallest absolute Gasteiger partial charge is 0.407 e. The number of methoxy groups -OCH3 is 1. The van der Waals surface area contributed by atoms with Crippen molar-refractivity contribution in [3.05, 3.63) is 12.2 Å². The van der Waals surface area contributed by atoms with Crippen LogP contribution in [-0.2, 0) is 4.74 Å². The average molecular weight is 199 g/mol. The van der Waals surface area contributed by atoms with E-state index >= 15 is 0 Å². The van der Waals surface area contributed by atoms with Gasteiger partial charge in [0.1, 0.15) is 0 Å². The molecule has 1 aliphatic carbocycles. The number of ether oxygens (including phenoxy) is 1. The number of alkyl carbamates (subject to hydrolysis) is 1. The summed E-state index contributed by atoms with van der Waals surface area (Å²) in [5.74, 6) is 0. The van der Waals surface area contributed by atoms with E-state index in [2.05, 4.69) is 23.6 Å². The zero-order valence-electron chi connectivity index (χ0n) is 9.06. The van der Waals surface area contributed by atoms with Gasteiger partial charge in [0, 0.05) is 1.43 Å². The fourth-order valence-corrected chi connectivity index (χ4v) is 2.13. The molecule has 1 amide bonds. The molecule has 0 atom stereocenters. The van der Waals surface area contributed by atoms with E-state index in [1.165, 1.54) is 7.11 Å². The number of hydrogen-bond acceptors (Lipinski definition) is 2. The first kappa shape index (κ1) is 11.1. The number of carbonyl (C=O) groups is 1. The molecular formula is C11H21NO2. The van der Waals surface area contributed by atoms with E-state index < -0.39 is 0 Å². The monoisotopic (exact) mass is 199 g/mol. The van der Waals surface area contributed by atoms with Gasteiger partial charge in [-0.1, -0.05) is 31.9 Å². The molecule has 0 bridgehead atoms. The Kier molecular flexibility index (Phi) is 3.55. The predicted octanol–water partition coefficient (Wildman–Crippen LogP) is 2.87. The summed E-state index contributed by atoms with van der Waals surface area (Å²) < 4.78 is 4.64. The highest BCUT2D eigenvalue weighted by molar-refractivity contribution is 5.69. The molecule has 1 fully saturated rings. The Morgan fingerprint density at radius 1 is 1.57 bits per heavy atom. The molecule has 1 rings (SSSR count). The maximum absolute atomic E-state index is 11.2. The highest BCUT2D eigenvalue weighted by atomic mass is 16.5. The van der Waals surface area contributed by atoms with E-state index in [0.29, 0.717) is 0 Å². The van der Waals surface area contributed by atoms with Gasteiger partial charge < -0.3 is 10.1 Å². The van der Waals surface area contributed by atoms with Crippen molar-refractivity contribution < 1.29 is 11.0 Å². The van der Waals surface area contributed by atoms with Crippen LogP contribution in [0.15, 0.2) is 12.2 Å². The Balaban J connectivity index is 0.00000196. The SMILES string of the molecule is C=C(CC)C1(NC(=O)OC)CCCC1.[HH]. The Morgan fingerprint density at radius 2 is 2.14 bits per heavy atom. The Hall–Kier alpha value is -0.990. The van der Waals surface area contributed by atoms with Crippen molar-refractivity contribution in [2.75, 3.05) is 7.11 Å². The molecule has 0 aromatic carbocycles. The zero-order chi connectivity index (χ0) is 10.6. The number of rotatable bonds is 3. The van der Waals surface area contributed by atoms with E-state index in [0.717, 1.165) is 37.7 Å². The minimum Gasteiger partial charge on any atom is -0.453 e. The third-order valence-corrected chi connectivity index (χ3v) is 3.09. The van der Waals surface area contributed by atoms with Gasteiger partial charge in [-0.15, -0.1) is 0 Å². The summed E-state index contributed by atoms with van der Waals surface area (Å²) in [6, 6.07) is 0. The molecule has 0 saturated heterocycles. The van der Waals surface area contributed by atoms with Gasteiger partial charge in [0.2, 0.25) is 0 Å². The van der Waals surface area contributed by atoms with Gasteiger partial charge >= 0.3 is 6.09 Å². The molecule has 0 aromatic heterocycles. The second-order valence-corrected chi connectivity index (χ2v) is 3.86. The number of nitrogens with one attached hydrogen (secondary N) is 1. The van der Waals surface area contributed by atoms with Crippen molar-refractivity contribution in [3.63, 3.8) is 0 Å². The van der Waals surface area contributed by atoms with E-state index in [4.69, 9.17) is 0 Å². The third-order valence-electron chi connectivity index (χ3n) is 3.09. The molecule has 82 valence electrons. The first-order chi connectivity index (χ1) is 6.64. The average Bonchev–Trinajstić information content (AvgIpc) is 2.66. The van der Waals surface area contributed by atoms with Crippen molar-refractivity contribution >= 4 is 6.09 Å². The highest BCUT2D eigenvalue weighted by Crippen LogP contribution is 2.36. The summed E-state index contributed by atoms with van der Waals surface area (Å²) in [7, 11) is 1.40. The quantitative estimate of drug-likeness (QED) is 0.710.